The first kappa shape index (κ1) is 14.0. The van der Waals surface area contributed by atoms with Crippen molar-refractivity contribution in [3.05, 3.63) is 71.9 Å². The largest absolute Gasteiger partial charge is 0.378 e. The van der Waals surface area contributed by atoms with E-state index in [1.807, 2.05) is 36.5 Å². The van der Waals surface area contributed by atoms with Crippen molar-refractivity contribution in [2.45, 2.75) is 6.10 Å². The number of aromatic nitrogens is 1. The molecule has 0 fully saturated rings. The van der Waals surface area contributed by atoms with Crippen molar-refractivity contribution < 1.29 is 9.90 Å². The molecule has 1 atom stereocenters. The number of aromatic amines is 1. The van der Waals surface area contributed by atoms with Crippen LogP contribution in [0.3, 0.4) is 0 Å². The molecule has 0 aliphatic carbocycles. The molecule has 3 aromatic rings. The van der Waals surface area contributed by atoms with Gasteiger partial charge in [-0.3, -0.25) is 4.79 Å². The molecule has 110 valence electrons. The van der Waals surface area contributed by atoms with Crippen LogP contribution < -0.4 is 5.43 Å². The van der Waals surface area contributed by atoms with Crippen LogP contribution in [-0.4, -0.2) is 22.2 Å². The summed E-state index contributed by atoms with van der Waals surface area (Å²) in [5.41, 5.74) is 4.75. The molecule has 1 heterocycles. The fourth-order valence-electron chi connectivity index (χ4n) is 2.21. The van der Waals surface area contributed by atoms with Gasteiger partial charge in [-0.2, -0.15) is 5.10 Å². The lowest BCUT2D eigenvalue weighted by atomic mass is 10.1. The van der Waals surface area contributed by atoms with Crippen molar-refractivity contribution in [3.8, 4) is 0 Å². The van der Waals surface area contributed by atoms with E-state index < -0.39 is 12.0 Å². The number of carbonyl (C=O) groups excluding carboxylic acids is 1. The van der Waals surface area contributed by atoms with E-state index in [-0.39, 0.29) is 0 Å². The van der Waals surface area contributed by atoms with Crippen LogP contribution in [0.25, 0.3) is 10.9 Å². The average molecular weight is 293 g/mol. The van der Waals surface area contributed by atoms with Crippen LogP contribution in [0, 0.1) is 0 Å². The highest BCUT2D eigenvalue weighted by atomic mass is 16.3. The number of fused-ring (bicyclic) bond motifs is 1. The van der Waals surface area contributed by atoms with Crippen molar-refractivity contribution in [3.63, 3.8) is 0 Å². The second kappa shape index (κ2) is 6.24. The molecule has 0 saturated carbocycles. The Morgan fingerprint density at radius 3 is 2.68 bits per heavy atom. The average Bonchev–Trinajstić information content (AvgIpc) is 2.98. The van der Waals surface area contributed by atoms with Gasteiger partial charge in [0, 0.05) is 22.7 Å². The monoisotopic (exact) mass is 293 g/mol. The molecule has 5 heteroatoms. The third-order valence-corrected chi connectivity index (χ3v) is 3.36. The van der Waals surface area contributed by atoms with Crippen molar-refractivity contribution in [2.75, 3.05) is 0 Å². The summed E-state index contributed by atoms with van der Waals surface area (Å²) >= 11 is 0. The van der Waals surface area contributed by atoms with Gasteiger partial charge in [0.1, 0.15) is 0 Å². The second-order valence-corrected chi connectivity index (χ2v) is 4.84. The predicted molar refractivity (Wildman–Crippen MR) is 85.4 cm³/mol. The Balaban J connectivity index is 1.68. The first-order valence-corrected chi connectivity index (χ1v) is 6.88. The van der Waals surface area contributed by atoms with Gasteiger partial charge in [-0.1, -0.05) is 48.5 Å². The second-order valence-electron chi connectivity index (χ2n) is 4.84. The fourth-order valence-corrected chi connectivity index (χ4v) is 2.21. The molecule has 3 rings (SSSR count). The zero-order valence-corrected chi connectivity index (χ0v) is 11.7. The van der Waals surface area contributed by atoms with E-state index in [0.29, 0.717) is 5.56 Å². The molecular formula is C17H15N3O2. The lowest BCUT2D eigenvalue weighted by Crippen LogP contribution is -2.25. The molecule has 0 aliphatic rings. The maximum Gasteiger partial charge on any atom is 0.273 e. The maximum atomic E-state index is 11.9. The molecule has 0 unspecified atom stereocenters. The van der Waals surface area contributed by atoms with Crippen LogP contribution in [0.5, 0.6) is 0 Å². The highest BCUT2D eigenvalue weighted by Gasteiger charge is 2.15. The molecule has 1 amide bonds. The molecule has 0 spiro atoms. The molecule has 0 bridgehead atoms. The van der Waals surface area contributed by atoms with Crippen LogP contribution in [0.2, 0.25) is 0 Å². The quantitative estimate of drug-likeness (QED) is 0.510. The number of aliphatic hydroxyl groups excluding tert-OH is 1. The standard InChI is InChI=1S/C17H15N3O2/c21-16(12-6-2-1-3-7-12)17(22)20-19-11-13-10-18-15-9-5-4-8-14(13)15/h1-11,16,18,21H,(H,20,22)/b19-11+/t16-/m1/s1. The predicted octanol–water partition coefficient (Wildman–Crippen LogP) is 2.35. The van der Waals surface area contributed by atoms with E-state index in [1.54, 1.807) is 30.5 Å². The Morgan fingerprint density at radius 1 is 1.14 bits per heavy atom. The Morgan fingerprint density at radius 2 is 1.86 bits per heavy atom. The Hall–Kier alpha value is -2.92. The smallest absolute Gasteiger partial charge is 0.273 e. The molecule has 0 radical (unpaired) electrons. The van der Waals surface area contributed by atoms with Gasteiger partial charge in [-0.15, -0.1) is 0 Å². The summed E-state index contributed by atoms with van der Waals surface area (Å²) in [7, 11) is 0. The molecular weight excluding hydrogens is 278 g/mol. The number of H-pyrrole nitrogens is 1. The first-order valence-electron chi connectivity index (χ1n) is 6.88. The zero-order chi connectivity index (χ0) is 15.4. The molecule has 3 N–H and O–H groups in total. The summed E-state index contributed by atoms with van der Waals surface area (Å²) in [4.78, 5) is 15.0. The lowest BCUT2D eigenvalue weighted by Gasteiger charge is -2.08. The molecule has 0 aliphatic heterocycles. The summed E-state index contributed by atoms with van der Waals surface area (Å²) in [6.07, 6.45) is 2.13. The summed E-state index contributed by atoms with van der Waals surface area (Å²) in [6, 6.07) is 16.5. The lowest BCUT2D eigenvalue weighted by molar-refractivity contribution is -0.129. The van der Waals surface area contributed by atoms with E-state index in [9.17, 15) is 9.90 Å². The van der Waals surface area contributed by atoms with Crippen molar-refractivity contribution in [2.24, 2.45) is 5.10 Å². The third kappa shape index (κ3) is 2.89. The van der Waals surface area contributed by atoms with E-state index >= 15 is 0 Å². The third-order valence-electron chi connectivity index (χ3n) is 3.36. The number of amides is 1. The number of hydrazone groups is 1. The molecule has 2 aromatic carbocycles. The van der Waals surface area contributed by atoms with Gasteiger partial charge in [0.15, 0.2) is 6.10 Å². The van der Waals surface area contributed by atoms with Gasteiger partial charge >= 0.3 is 0 Å². The number of para-hydroxylation sites is 1. The normalized spacial score (nSPS) is 12.6. The number of aliphatic hydroxyl groups is 1. The number of benzene rings is 2. The van der Waals surface area contributed by atoms with Gasteiger partial charge in [-0.25, -0.2) is 5.43 Å². The highest BCUT2D eigenvalue weighted by Crippen LogP contribution is 2.15. The number of hydrogen-bond acceptors (Lipinski definition) is 3. The van der Waals surface area contributed by atoms with Crippen LogP contribution in [-0.2, 0) is 4.79 Å². The Kier molecular flexibility index (Phi) is 3.98. The zero-order valence-electron chi connectivity index (χ0n) is 11.7. The van der Waals surface area contributed by atoms with Crippen LogP contribution in [0.1, 0.15) is 17.2 Å². The van der Waals surface area contributed by atoms with Gasteiger partial charge < -0.3 is 10.1 Å². The summed E-state index contributed by atoms with van der Waals surface area (Å²) < 4.78 is 0. The molecule has 5 nitrogen and oxygen atoms in total. The number of nitrogens with zero attached hydrogens (tertiary/aromatic N) is 1. The van der Waals surface area contributed by atoms with E-state index in [1.165, 1.54) is 0 Å². The minimum absolute atomic E-state index is 0.530. The van der Waals surface area contributed by atoms with E-state index in [0.717, 1.165) is 16.5 Å². The first-order chi connectivity index (χ1) is 10.8. The highest BCUT2D eigenvalue weighted by molar-refractivity contribution is 5.99. The van der Waals surface area contributed by atoms with Crippen LogP contribution >= 0.6 is 0 Å². The van der Waals surface area contributed by atoms with Crippen molar-refractivity contribution >= 4 is 23.0 Å². The van der Waals surface area contributed by atoms with E-state index in [4.69, 9.17) is 0 Å². The minimum atomic E-state index is -1.23. The van der Waals surface area contributed by atoms with Crippen LogP contribution in [0.15, 0.2) is 65.9 Å². The van der Waals surface area contributed by atoms with Crippen LogP contribution in [0.4, 0.5) is 0 Å². The summed E-state index contributed by atoms with van der Waals surface area (Å²) in [5.74, 6) is -0.567. The molecule has 0 saturated heterocycles. The Labute approximate surface area is 127 Å². The van der Waals surface area contributed by atoms with Gasteiger partial charge in [-0.05, 0) is 11.6 Å². The summed E-state index contributed by atoms with van der Waals surface area (Å²) in [5, 5.41) is 14.8. The number of hydrogen-bond donors (Lipinski definition) is 3. The topological polar surface area (TPSA) is 77.5 Å². The van der Waals surface area contributed by atoms with Gasteiger partial charge in [0.2, 0.25) is 0 Å². The fraction of sp³-hybridized carbons (Fsp3) is 0.0588. The molecule has 22 heavy (non-hydrogen) atoms. The minimum Gasteiger partial charge on any atom is -0.378 e. The van der Waals surface area contributed by atoms with Gasteiger partial charge in [0.05, 0.1) is 6.21 Å². The summed E-state index contributed by atoms with van der Waals surface area (Å²) in [6.45, 7) is 0. The molecule has 1 aromatic heterocycles. The number of carbonyl (C=O) groups is 1. The van der Waals surface area contributed by atoms with E-state index in [2.05, 4.69) is 15.5 Å². The SMILES string of the molecule is O=C(N/N=C/c1c[nH]c2ccccc12)[C@H](O)c1ccccc1. The number of nitrogens with one attached hydrogen (secondary N) is 2. The van der Waals surface area contributed by atoms with Crippen molar-refractivity contribution in [1.29, 1.82) is 0 Å². The maximum absolute atomic E-state index is 11.9. The van der Waals surface area contributed by atoms with Gasteiger partial charge in [0.25, 0.3) is 5.91 Å². The number of rotatable bonds is 4. The van der Waals surface area contributed by atoms with Crippen molar-refractivity contribution in [1.82, 2.24) is 10.4 Å². The Bertz CT molecular complexity index is 809.